The van der Waals surface area contributed by atoms with Crippen LogP contribution in [0.1, 0.15) is 44.3 Å². The highest BCUT2D eigenvalue weighted by atomic mass is 35.5. The van der Waals surface area contributed by atoms with E-state index in [1.54, 1.807) is 18.2 Å². The average Bonchev–Trinajstić information content (AvgIpc) is 2.41. The maximum atomic E-state index is 11.0. The van der Waals surface area contributed by atoms with Gasteiger partial charge in [-0.1, -0.05) is 30.1 Å². The second-order valence-electron chi connectivity index (χ2n) is 6.25. The van der Waals surface area contributed by atoms with Gasteiger partial charge in [-0.25, -0.2) is 0 Å². The minimum atomic E-state index is -0.615. The highest BCUT2D eigenvalue weighted by Gasteiger charge is 2.43. The Bertz CT molecular complexity index is 468. The van der Waals surface area contributed by atoms with Crippen LogP contribution in [-0.4, -0.2) is 29.6 Å². The molecule has 1 aliphatic carbocycles. The zero-order valence-electron chi connectivity index (χ0n) is 12.4. The highest BCUT2D eigenvalue weighted by molar-refractivity contribution is 6.33. The molecule has 1 saturated carbocycles. The smallest absolute Gasteiger partial charge is 0.0988 e. The van der Waals surface area contributed by atoms with E-state index in [2.05, 4.69) is 11.8 Å². The maximum absolute atomic E-state index is 11.0. The lowest BCUT2D eigenvalue weighted by Crippen LogP contribution is -2.51. The van der Waals surface area contributed by atoms with Crippen LogP contribution in [0.25, 0.3) is 0 Å². The summed E-state index contributed by atoms with van der Waals surface area (Å²) in [5.41, 5.74) is 0.489. The summed E-state index contributed by atoms with van der Waals surface area (Å²) in [5.74, 6) is 0.727. The Morgan fingerprint density at radius 1 is 1.25 bits per heavy atom. The second-order valence-corrected chi connectivity index (χ2v) is 7.09. The first kappa shape index (κ1) is 16.1. The van der Waals surface area contributed by atoms with E-state index in [4.69, 9.17) is 23.2 Å². The zero-order valence-corrected chi connectivity index (χ0v) is 13.9. The van der Waals surface area contributed by atoms with Crippen LogP contribution in [0.15, 0.2) is 18.2 Å². The van der Waals surface area contributed by atoms with E-state index in [1.807, 2.05) is 14.1 Å². The normalized spacial score (nSPS) is 28.6. The van der Waals surface area contributed by atoms with Gasteiger partial charge in [0, 0.05) is 15.6 Å². The third-order valence-corrected chi connectivity index (χ3v) is 5.37. The van der Waals surface area contributed by atoms with Crippen molar-refractivity contribution in [2.75, 3.05) is 14.1 Å². The molecule has 1 aromatic carbocycles. The lowest BCUT2D eigenvalue weighted by atomic mass is 9.71. The predicted molar refractivity (Wildman–Crippen MR) is 85.5 cm³/mol. The Labute approximate surface area is 131 Å². The van der Waals surface area contributed by atoms with E-state index < -0.39 is 6.10 Å². The number of hydrogen-bond donors (Lipinski definition) is 1. The van der Waals surface area contributed by atoms with Crippen molar-refractivity contribution in [1.82, 2.24) is 4.90 Å². The van der Waals surface area contributed by atoms with Crippen LogP contribution in [0.5, 0.6) is 0 Å². The Kier molecular flexibility index (Phi) is 5.01. The van der Waals surface area contributed by atoms with Crippen molar-refractivity contribution >= 4 is 23.2 Å². The van der Waals surface area contributed by atoms with Gasteiger partial charge in [0.15, 0.2) is 0 Å². The molecule has 1 unspecified atom stereocenters. The molecule has 0 aromatic heterocycles. The van der Waals surface area contributed by atoms with Crippen molar-refractivity contribution in [1.29, 1.82) is 0 Å². The molecule has 0 amide bonds. The van der Waals surface area contributed by atoms with Crippen LogP contribution >= 0.6 is 23.2 Å². The van der Waals surface area contributed by atoms with Gasteiger partial charge < -0.3 is 10.0 Å². The molecule has 0 heterocycles. The van der Waals surface area contributed by atoms with E-state index in [0.29, 0.717) is 10.0 Å². The first-order valence-corrected chi connectivity index (χ1v) is 7.93. The highest BCUT2D eigenvalue weighted by Crippen LogP contribution is 2.45. The van der Waals surface area contributed by atoms with Crippen molar-refractivity contribution < 1.29 is 5.11 Å². The van der Waals surface area contributed by atoms with Crippen LogP contribution in [0.2, 0.25) is 10.0 Å². The van der Waals surface area contributed by atoms with E-state index in [1.165, 1.54) is 0 Å². The van der Waals surface area contributed by atoms with Gasteiger partial charge in [0.25, 0.3) is 0 Å². The number of likely N-dealkylation sites (N-methyl/N-ethyl adjacent to an activating group) is 1. The van der Waals surface area contributed by atoms with Crippen LogP contribution in [-0.2, 0) is 0 Å². The summed E-state index contributed by atoms with van der Waals surface area (Å²) in [5, 5.41) is 12.2. The van der Waals surface area contributed by atoms with Gasteiger partial charge in [0.05, 0.1) is 11.6 Å². The molecule has 0 spiro atoms. The topological polar surface area (TPSA) is 23.5 Å². The number of rotatable bonds is 3. The first-order chi connectivity index (χ1) is 9.36. The quantitative estimate of drug-likeness (QED) is 0.885. The number of halogens is 2. The molecular formula is C16H23Cl2NO. The molecule has 1 fully saturated rings. The molecular weight excluding hydrogens is 293 g/mol. The summed E-state index contributed by atoms with van der Waals surface area (Å²) in [7, 11) is 4.08. The summed E-state index contributed by atoms with van der Waals surface area (Å²) in [6.07, 6.45) is 3.60. The van der Waals surface area contributed by atoms with Crippen molar-refractivity contribution in [2.45, 2.75) is 44.2 Å². The van der Waals surface area contributed by atoms with Gasteiger partial charge in [0.1, 0.15) is 0 Å². The monoisotopic (exact) mass is 315 g/mol. The van der Waals surface area contributed by atoms with E-state index in [-0.39, 0.29) is 5.54 Å². The van der Waals surface area contributed by atoms with Gasteiger partial charge in [-0.15, -0.1) is 0 Å². The molecule has 0 saturated heterocycles. The van der Waals surface area contributed by atoms with Crippen LogP contribution in [0, 0.1) is 5.92 Å². The molecule has 20 heavy (non-hydrogen) atoms. The largest absolute Gasteiger partial charge is 0.386 e. The minimum Gasteiger partial charge on any atom is -0.386 e. The SMILES string of the molecule is CC1CCC(C(O)c2cc(Cl)ccc2Cl)(N(C)C)CC1. The Balaban J connectivity index is 2.36. The summed E-state index contributed by atoms with van der Waals surface area (Å²) in [4.78, 5) is 2.15. The van der Waals surface area contributed by atoms with Gasteiger partial charge in [-0.3, -0.25) is 0 Å². The van der Waals surface area contributed by atoms with Gasteiger partial charge >= 0.3 is 0 Å². The standard InChI is InChI=1S/C16H23Cl2NO/c1-11-6-8-16(9-7-11,19(2)3)15(20)13-10-12(17)4-5-14(13)18/h4-5,10-11,15,20H,6-9H2,1-3H3. The summed E-state index contributed by atoms with van der Waals surface area (Å²) < 4.78 is 0. The fraction of sp³-hybridized carbons (Fsp3) is 0.625. The molecule has 0 aliphatic heterocycles. The van der Waals surface area contributed by atoms with Gasteiger partial charge in [-0.05, 0) is 63.9 Å². The molecule has 1 aromatic rings. The molecule has 1 aliphatic rings. The Morgan fingerprint density at radius 2 is 1.85 bits per heavy atom. The molecule has 112 valence electrons. The Hall–Kier alpha value is -0.280. The lowest BCUT2D eigenvalue weighted by Gasteiger charge is -2.48. The van der Waals surface area contributed by atoms with Crippen LogP contribution in [0.4, 0.5) is 0 Å². The molecule has 4 heteroatoms. The predicted octanol–water partition coefficient (Wildman–Crippen LogP) is 4.54. The zero-order chi connectivity index (χ0) is 14.9. The Morgan fingerprint density at radius 3 is 2.40 bits per heavy atom. The second kappa shape index (κ2) is 6.23. The lowest BCUT2D eigenvalue weighted by molar-refractivity contribution is -0.0407. The average molecular weight is 316 g/mol. The number of hydrogen-bond acceptors (Lipinski definition) is 2. The van der Waals surface area contributed by atoms with Crippen molar-refractivity contribution in [2.24, 2.45) is 5.92 Å². The van der Waals surface area contributed by atoms with Gasteiger partial charge in [0.2, 0.25) is 0 Å². The fourth-order valence-corrected chi connectivity index (χ4v) is 3.64. The third-order valence-electron chi connectivity index (χ3n) is 4.79. The molecule has 0 radical (unpaired) electrons. The summed E-state index contributed by atoms with van der Waals surface area (Å²) in [6.45, 7) is 2.28. The molecule has 2 rings (SSSR count). The minimum absolute atomic E-state index is 0.249. The molecule has 1 atom stereocenters. The molecule has 1 N–H and O–H groups in total. The van der Waals surface area contributed by atoms with Crippen LogP contribution < -0.4 is 0 Å². The number of aliphatic hydroxyl groups excluding tert-OH is 1. The summed E-state index contributed by atoms with van der Waals surface area (Å²) in [6, 6.07) is 5.31. The van der Waals surface area contributed by atoms with E-state index in [0.717, 1.165) is 37.2 Å². The summed E-state index contributed by atoms with van der Waals surface area (Å²) >= 11 is 12.3. The number of benzene rings is 1. The van der Waals surface area contributed by atoms with Crippen molar-refractivity contribution in [3.63, 3.8) is 0 Å². The first-order valence-electron chi connectivity index (χ1n) is 7.17. The number of aliphatic hydroxyl groups is 1. The third kappa shape index (κ3) is 2.99. The van der Waals surface area contributed by atoms with Crippen molar-refractivity contribution in [3.05, 3.63) is 33.8 Å². The van der Waals surface area contributed by atoms with Crippen LogP contribution in [0.3, 0.4) is 0 Å². The van der Waals surface area contributed by atoms with Crippen molar-refractivity contribution in [3.8, 4) is 0 Å². The fourth-order valence-electron chi connectivity index (χ4n) is 3.24. The maximum Gasteiger partial charge on any atom is 0.0988 e. The molecule has 2 nitrogen and oxygen atoms in total. The van der Waals surface area contributed by atoms with E-state index in [9.17, 15) is 5.11 Å². The number of nitrogens with zero attached hydrogens (tertiary/aromatic N) is 1. The van der Waals surface area contributed by atoms with E-state index >= 15 is 0 Å². The van der Waals surface area contributed by atoms with Gasteiger partial charge in [-0.2, -0.15) is 0 Å². The molecule has 0 bridgehead atoms.